The number of carbonyl (C=O) groups excluding carboxylic acids is 1. The van der Waals surface area contributed by atoms with Crippen LogP contribution in [0.5, 0.6) is 0 Å². The van der Waals surface area contributed by atoms with Crippen LogP contribution in [-0.4, -0.2) is 48.1 Å². The van der Waals surface area contributed by atoms with Crippen molar-refractivity contribution in [2.24, 2.45) is 4.99 Å². The van der Waals surface area contributed by atoms with Gasteiger partial charge in [-0.15, -0.1) is 0 Å². The normalized spacial score (nSPS) is 15.7. The third-order valence-corrected chi connectivity index (χ3v) is 5.63. The Bertz CT molecular complexity index is 880. The summed E-state index contributed by atoms with van der Waals surface area (Å²) in [5, 5.41) is 17.2. The van der Waals surface area contributed by atoms with Crippen molar-refractivity contribution in [1.29, 1.82) is 0 Å². The Labute approximate surface area is 185 Å². The maximum absolute atomic E-state index is 12.6. The molecule has 1 unspecified atom stereocenters. The van der Waals surface area contributed by atoms with E-state index in [1.165, 1.54) is 11.1 Å². The summed E-state index contributed by atoms with van der Waals surface area (Å²) in [6.45, 7) is 6.90. The number of hydrogen-bond acceptors (Lipinski definition) is 3. The number of nitrogens with zero attached hydrogens (tertiary/aromatic N) is 2. The minimum absolute atomic E-state index is 0.199. The van der Waals surface area contributed by atoms with Crippen LogP contribution in [0.1, 0.15) is 43.4 Å². The van der Waals surface area contributed by atoms with Crippen molar-refractivity contribution < 1.29 is 9.90 Å². The summed E-state index contributed by atoms with van der Waals surface area (Å²) in [6.07, 6.45) is 2.17. The highest BCUT2D eigenvalue weighted by Gasteiger charge is 2.23. The molecule has 0 radical (unpaired) electrons. The van der Waals surface area contributed by atoms with Gasteiger partial charge in [0, 0.05) is 32.6 Å². The molecule has 31 heavy (non-hydrogen) atoms. The molecule has 0 fully saturated rings. The van der Waals surface area contributed by atoms with E-state index in [4.69, 9.17) is 0 Å². The molecule has 166 valence electrons. The largest absolute Gasteiger partial charge is 0.384 e. The summed E-state index contributed by atoms with van der Waals surface area (Å²) >= 11 is 0. The minimum Gasteiger partial charge on any atom is -0.384 e. The molecule has 0 bridgehead atoms. The van der Waals surface area contributed by atoms with Crippen molar-refractivity contribution >= 4 is 11.9 Å². The van der Waals surface area contributed by atoms with Crippen molar-refractivity contribution in [2.75, 3.05) is 26.2 Å². The van der Waals surface area contributed by atoms with E-state index in [0.717, 1.165) is 31.5 Å². The first-order valence-corrected chi connectivity index (χ1v) is 11.1. The van der Waals surface area contributed by atoms with Crippen LogP contribution < -0.4 is 10.6 Å². The fourth-order valence-electron chi connectivity index (χ4n) is 3.78. The Hall–Kier alpha value is -2.86. The van der Waals surface area contributed by atoms with E-state index < -0.39 is 5.60 Å². The standard InChI is InChI=1S/C25H34N4O2/c1-3-26-24(28-19-25(2,31)22-12-5-4-6-13-22)27-16-9-14-23(30)29-17-15-20-10-7-8-11-21(20)18-29/h4-8,10-13,31H,3,9,14-19H2,1-2H3,(H2,26,27,28). The van der Waals surface area contributed by atoms with E-state index in [1.807, 2.05) is 48.2 Å². The van der Waals surface area contributed by atoms with Crippen LogP contribution in [0.2, 0.25) is 0 Å². The zero-order valence-corrected chi connectivity index (χ0v) is 18.6. The average molecular weight is 423 g/mol. The molecule has 0 spiro atoms. The van der Waals surface area contributed by atoms with E-state index in [0.29, 0.717) is 25.5 Å². The number of rotatable bonds is 8. The highest BCUT2D eigenvalue weighted by atomic mass is 16.3. The van der Waals surface area contributed by atoms with Gasteiger partial charge in [0.15, 0.2) is 5.96 Å². The third-order valence-electron chi connectivity index (χ3n) is 5.63. The number of benzene rings is 2. The molecular formula is C25H34N4O2. The van der Waals surface area contributed by atoms with Crippen molar-refractivity contribution in [3.05, 3.63) is 71.3 Å². The molecule has 1 amide bonds. The number of hydrogen-bond donors (Lipinski definition) is 3. The molecule has 1 aliphatic heterocycles. The second kappa shape index (κ2) is 11.0. The first-order chi connectivity index (χ1) is 15.0. The molecule has 6 nitrogen and oxygen atoms in total. The van der Waals surface area contributed by atoms with Crippen LogP contribution in [0, 0.1) is 0 Å². The van der Waals surface area contributed by atoms with E-state index in [1.54, 1.807) is 6.92 Å². The molecule has 1 heterocycles. The van der Waals surface area contributed by atoms with Gasteiger partial charge in [-0.3, -0.25) is 4.79 Å². The predicted octanol–water partition coefficient (Wildman–Crippen LogP) is 2.81. The number of aliphatic hydroxyl groups is 1. The molecule has 0 aromatic heterocycles. The molecule has 3 N–H and O–H groups in total. The first-order valence-electron chi connectivity index (χ1n) is 11.1. The molecule has 0 aliphatic carbocycles. The molecular weight excluding hydrogens is 388 g/mol. The van der Waals surface area contributed by atoms with Crippen LogP contribution in [0.15, 0.2) is 59.6 Å². The van der Waals surface area contributed by atoms with E-state index in [2.05, 4.69) is 33.8 Å². The summed E-state index contributed by atoms with van der Waals surface area (Å²) in [5.41, 5.74) is 2.41. The number of fused-ring (bicyclic) bond motifs is 1. The SMILES string of the molecule is CCNC(=NCC(C)(O)c1ccccc1)NCCCC(=O)N1CCc2ccccc2C1. The summed E-state index contributed by atoms with van der Waals surface area (Å²) in [4.78, 5) is 19.1. The van der Waals surface area contributed by atoms with Gasteiger partial charge in [0.2, 0.25) is 5.91 Å². The monoisotopic (exact) mass is 422 g/mol. The summed E-state index contributed by atoms with van der Waals surface area (Å²) < 4.78 is 0. The number of aliphatic imine (C=N–C) groups is 1. The van der Waals surface area contributed by atoms with Gasteiger partial charge in [0.1, 0.15) is 5.60 Å². The Morgan fingerprint density at radius 2 is 1.81 bits per heavy atom. The lowest BCUT2D eigenvalue weighted by Crippen LogP contribution is -2.40. The molecule has 3 rings (SSSR count). The van der Waals surface area contributed by atoms with E-state index in [-0.39, 0.29) is 12.5 Å². The van der Waals surface area contributed by atoms with Crippen molar-refractivity contribution in [1.82, 2.24) is 15.5 Å². The molecule has 0 saturated carbocycles. The minimum atomic E-state index is -1.04. The molecule has 2 aromatic carbocycles. The van der Waals surface area contributed by atoms with Crippen molar-refractivity contribution in [3.63, 3.8) is 0 Å². The lowest BCUT2D eigenvalue weighted by Gasteiger charge is -2.29. The maximum atomic E-state index is 12.6. The smallest absolute Gasteiger partial charge is 0.222 e. The Morgan fingerprint density at radius 3 is 2.55 bits per heavy atom. The van der Waals surface area contributed by atoms with Gasteiger partial charge in [-0.25, -0.2) is 4.99 Å². The van der Waals surface area contributed by atoms with Crippen LogP contribution in [-0.2, 0) is 23.4 Å². The lowest BCUT2D eigenvalue weighted by atomic mass is 9.96. The Kier molecular flexibility index (Phi) is 8.06. The highest BCUT2D eigenvalue weighted by molar-refractivity contribution is 5.80. The fourth-order valence-corrected chi connectivity index (χ4v) is 3.78. The summed E-state index contributed by atoms with van der Waals surface area (Å²) in [6, 6.07) is 17.9. The predicted molar refractivity (Wildman–Crippen MR) is 125 cm³/mol. The van der Waals surface area contributed by atoms with Crippen LogP contribution in [0.25, 0.3) is 0 Å². The van der Waals surface area contributed by atoms with Crippen molar-refractivity contribution in [2.45, 2.75) is 45.3 Å². The number of carbonyl (C=O) groups is 1. The van der Waals surface area contributed by atoms with Gasteiger partial charge >= 0.3 is 0 Å². The third kappa shape index (κ3) is 6.56. The molecule has 2 aromatic rings. The molecule has 6 heteroatoms. The number of amides is 1. The Morgan fingerprint density at radius 1 is 1.10 bits per heavy atom. The van der Waals surface area contributed by atoms with E-state index >= 15 is 0 Å². The van der Waals surface area contributed by atoms with E-state index in [9.17, 15) is 9.90 Å². The van der Waals surface area contributed by atoms with Gasteiger partial charge in [-0.1, -0.05) is 54.6 Å². The highest BCUT2D eigenvalue weighted by Crippen LogP contribution is 2.20. The fraction of sp³-hybridized carbons (Fsp3) is 0.440. The van der Waals surface area contributed by atoms with Crippen LogP contribution >= 0.6 is 0 Å². The Balaban J connectivity index is 1.45. The van der Waals surface area contributed by atoms with Crippen molar-refractivity contribution in [3.8, 4) is 0 Å². The number of guanidine groups is 1. The molecule has 1 atom stereocenters. The van der Waals surface area contributed by atoms with Gasteiger partial charge in [0.25, 0.3) is 0 Å². The van der Waals surface area contributed by atoms with Crippen LogP contribution in [0.3, 0.4) is 0 Å². The summed E-state index contributed by atoms with van der Waals surface area (Å²) in [5.74, 6) is 0.850. The first kappa shape index (κ1) is 22.8. The lowest BCUT2D eigenvalue weighted by molar-refractivity contribution is -0.132. The molecule has 0 saturated heterocycles. The zero-order valence-electron chi connectivity index (χ0n) is 18.6. The quantitative estimate of drug-likeness (QED) is 0.347. The van der Waals surface area contributed by atoms with Gasteiger partial charge in [0.05, 0.1) is 6.54 Å². The average Bonchev–Trinajstić information content (AvgIpc) is 2.80. The van der Waals surface area contributed by atoms with Crippen LogP contribution in [0.4, 0.5) is 0 Å². The topological polar surface area (TPSA) is 77.0 Å². The maximum Gasteiger partial charge on any atom is 0.222 e. The second-order valence-electron chi connectivity index (χ2n) is 8.20. The number of nitrogens with one attached hydrogen (secondary N) is 2. The second-order valence-corrected chi connectivity index (χ2v) is 8.20. The van der Waals surface area contributed by atoms with Gasteiger partial charge < -0.3 is 20.6 Å². The van der Waals surface area contributed by atoms with Gasteiger partial charge in [-0.2, -0.15) is 0 Å². The van der Waals surface area contributed by atoms with Gasteiger partial charge in [-0.05, 0) is 43.4 Å². The molecule has 1 aliphatic rings. The zero-order chi connectivity index (χ0) is 22.1. The summed E-state index contributed by atoms with van der Waals surface area (Å²) in [7, 11) is 0.